The monoisotopic (exact) mass is 388 g/mol. The summed E-state index contributed by atoms with van der Waals surface area (Å²) < 4.78 is 46.8. The van der Waals surface area contributed by atoms with Gasteiger partial charge >= 0.3 is 0 Å². The third-order valence-electron chi connectivity index (χ3n) is 2.38. The van der Waals surface area contributed by atoms with Crippen molar-refractivity contribution in [1.82, 2.24) is 0 Å². The standard InChI is InChI=1S/C12H15BrClFO4S/c1-2-3-4-18-5-6-19-11-8-10(15)12(7-9(11)13)20(14,16)17/h7-8H,2-6H2,1H3. The minimum Gasteiger partial charge on any atom is -0.490 e. The first kappa shape index (κ1) is 17.7. The lowest BCUT2D eigenvalue weighted by atomic mass is 10.3. The number of unbranched alkanes of at least 4 members (excludes halogenated alkanes) is 1. The second kappa shape index (κ2) is 8.17. The summed E-state index contributed by atoms with van der Waals surface area (Å²) in [5.74, 6) is -0.754. The minimum absolute atomic E-state index is 0.200. The molecule has 0 N–H and O–H groups in total. The molecular formula is C12H15BrClFO4S. The molecular weight excluding hydrogens is 375 g/mol. The van der Waals surface area contributed by atoms with Crippen molar-refractivity contribution in [2.24, 2.45) is 0 Å². The summed E-state index contributed by atoms with van der Waals surface area (Å²) in [6.07, 6.45) is 2.02. The molecule has 0 saturated heterocycles. The van der Waals surface area contributed by atoms with Crippen molar-refractivity contribution in [2.45, 2.75) is 24.7 Å². The third-order valence-corrected chi connectivity index (χ3v) is 4.33. The highest BCUT2D eigenvalue weighted by atomic mass is 79.9. The Morgan fingerprint density at radius 2 is 2.00 bits per heavy atom. The summed E-state index contributed by atoms with van der Waals surface area (Å²) in [4.78, 5) is -0.586. The van der Waals surface area contributed by atoms with Crippen LogP contribution < -0.4 is 4.74 Å². The van der Waals surface area contributed by atoms with E-state index in [1.165, 1.54) is 0 Å². The minimum atomic E-state index is -4.12. The third kappa shape index (κ3) is 5.55. The normalized spacial score (nSPS) is 11.6. The fourth-order valence-corrected chi connectivity index (χ4v) is 2.88. The number of hydrogen-bond donors (Lipinski definition) is 0. The molecule has 0 atom stereocenters. The Bertz CT molecular complexity index is 551. The van der Waals surface area contributed by atoms with Crippen molar-refractivity contribution in [3.05, 3.63) is 22.4 Å². The molecule has 0 saturated carbocycles. The van der Waals surface area contributed by atoms with E-state index in [4.69, 9.17) is 20.2 Å². The van der Waals surface area contributed by atoms with Crippen LogP contribution in [0, 0.1) is 5.82 Å². The van der Waals surface area contributed by atoms with Gasteiger partial charge in [-0.25, -0.2) is 12.8 Å². The molecule has 114 valence electrons. The van der Waals surface area contributed by atoms with Crippen LogP contribution in [0.15, 0.2) is 21.5 Å². The largest absolute Gasteiger partial charge is 0.490 e. The number of halogens is 3. The topological polar surface area (TPSA) is 52.6 Å². The molecule has 20 heavy (non-hydrogen) atoms. The van der Waals surface area contributed by atoms with Gasteiger partial charge in [0.1, 0.15) is 23.1 Å². The molecule has 0 amide bonds. The van der Waals surface area contributed by atoms with Crippen molar-refractivity contribution in [2.75, 3.05) is 19.8 Å². The van der Waals surface area contributed by atoms with Crippen molar-refractivity contribution in [1.29, 1.82) is 0 Å². The molecule has 0 spiro atoms. The number of hydrogen-bond acceptors (Lipinski definition) is 4. The van der Waals surface area contributed by atoms with Crippen LogP contribution in [0.5, 0.6) is 5.75 Å². The highest BCUT2D eigenvalue weighted by Gasteiger charge is 2.19. The molecule has 0 aliphatic rings. The summed E-state index contributed by atoms with van der Waals surface area (Å²) in [6.45, 7) is 3.34. The zero-order valence-electron chi connectivity index (χ0n) is 10.9. The van der Waals surface area contributed by atoms with Crippen molar-refractivity contribution in [3.63, 3.8) is 0 Å². The maximum atomic E-state index is 13.6. The Morgan fingerprint density at radius 3 is 2.60 bits per heavy atom. The quantitative estimate of drug-likeness (QED) is 0.502. The molecule has 8 heteroatoms. The van der Waals surface area contributed by atoms with Gasteiger partial charge in [-0.05, 0) is 28.4 Å². The average Bonchev–Trinajstić information content (AvgIpc) is 2.35. The van der Waals surface area contributed by atoms with E-state index in [2.05, 4.69) is 22.9 Å². The van der Waals surface area contributed by atoms with Crippen LogP contribution in [-0.4, -0.2) is 28.2 Å². The summed E-state index contributed by atoms with van der Waals surface area (Å²) in [5, 5.41) is 0. The fraction of sp³-hybridized carbons (Fsp3) is 0.500. The van der Waals surface area contributed by atoms with Gasteiger partial charge in [0.15, 0.2) is 0 Å². The van der Waals surface area contributed by atoms with E-state index < -0.39 is 19.8 Å². The average molecular weight is 390 g/mol. The second-order valence-electron chi connectivity index (χ2n) is 3.97. The fourth-order valence-electron chi connectivity index (χ4n) is 1.37. The number of rotatable bonds is 8. The van der Waals surface area contributed by atoms with E-state index in [-0.39, 0.29) is 12.4 Å². The van der Waals surface area contributed by atoms with Gasteiger partial charge in [0.25, 0.3) is 9.05 Å². The molecule has 0 aliphatic carbocycles. The zero-order valence-corrected chi connectivity index (χ0v) is 14.0. The Kier molecular flexibility index (Phi) is 7.22. The van der Waals surface area contributed by atoms with Gasteiger partial charge in [-0.3, -0.25) is 0 Å². The van der Waals surface area contributed by atoms with E-state index in [1.54, 1.807) is 0 Å². The Balaban J connectivity index is 2.62. The van der Waals surface area contributed by atoms with E-state index in [0.717, 1.165) is 25.0 Å². The lowest BCUT2D eigenvalue weighted by Gasteiger charge is -2.10. The number of ether oxygens (including phenoxy) is 2. The predicted octanol–water partition coefficient (Wildman–Crippen LogP) is 3.71. The van der Waals surface area contributed by atoms with Crippen LogP contribution in [0.25, 0.3) is 0 Å². The first-order valence-electron chi connectivity index (χ1n) is 6.00. The Hall–Kier alpha value is -0.370. The molecule has 0 heterocycles. The van der Waals surface area contributed by atoms with Gasteiger partial charge in [-0.15, -0.1) is 0 Å². The first-order valence-corrected chi connectivity index (χ1v) is 9.10. The summed E-state index contributed by atoms with van der Waals surface area (Å²) in [5.41, 5.74) is 0. The molecule has 0 aliphatic heterocycles. The molecule has 0 radical (unpaired) electrons. The van der Waals surface area contributed by atoms with Crippen LogP contribution in [0.2, 0.25) is 0 Å². The maximum Gasteiger partial charge on any atom is 0.264 e. The zero-order chi connectivity index (χ0) is 15.2. The maximum absolute atomic E-state index is 13.6. The second-order valence-corrected chi connectivity index (χ2v) is 7.35. The highest BCUT2D eigenvalue weighted by Crippen LogP contribution is 2.31. The molecule has 0 bridgehead atoms. The lowest BCUT2D eigenvalue weighted by molar-refractivity contribution is 0.0976. The van der Waals surface area contributed by atoms with Gasteiger partial charge in [-0.1, -0.05) is 13.3 Å². The molecule has 1 aromatic rings. The summed E-state index contributed by atoms with van der Waals surface area (Å²) >= 11 is 3.11. The van der Waals surface area contributed by atoms with Crippen molar-refractivity contribution in [3.8, 4) is 5.75 Å². The van der Waals surface area contributed by atoms with Crippen molar-refractivity contribution < 1.29 is 22.3 Å². The molecule has 0 aromatic heterocycles. The van der Waals surface area contributed by atoms with Crippen LogP contribution in [0.1, 0.15) is 19.8 Å². The van der Waals surface area contributed by atoms with E-state index in [1.807, 2.05) is 0 Å². The van der Waals surface area contributed by atoms with E-state index >= 15 is 0 Å². The first-order chi connectivity index (χ1) is 9.36. The van der Waals surface area contributed by atoms with E-state index in [0.29, 0.717) is 17.7 Å². The van der Waals surface area contributed by atoms with Crippen molar-refractivity contribution >= 4 is 35.7 Å². The van der Waals surface area contributed by atoms with Gasteiger partial charge in [0.2, 0.25) is 0 Å². The number of benzene rings is 1. The van der Waals surface area contributed by atoms with Gasteiger partial charge in [0.05, 0.1) is 11.1 Å². The van der Waals surface area contributed by atoms with E-state index in [9.17, 15) is 12.8 Å². The lowest BCUT2D eigenvalue weighted by Crippen LogP contribution is -2.08. The Labute approximate surface area is 130 Å². The van der Waals surface area contributed by atoms with Crippen LogP contribution in [0.3, 0.4) is 0 Å². The molecule has 1 rings (SSSR count). The smallest absolute Gasteiger partial charge is 0.264 e. The van der Waals surface area contributed by atoms with Gasteiger partial charge < -0.3 is 9.47 Å². The summed E-state index contributed by atoms with van der Waals surface area (Å²) in [7, 11) is 0.993. The Morgan fingerprint density at radius 1 is 1.30 bits per heavy atom. The molecule has 0 fully saturated rings. The van der Waals surface area contributed by atoms with Gasteiger partial charge in [-0.2, -0.15) is 0 Å². The van der Waals surface area contributed by atoms with Crippen LogP contribution >= 0.6 is 26.6 Å². The van der Waals surface area contributed by atoms with Crippen LogP contribution in [-0.2, 0) is 13.8 Å². The predicted molar refractivity (Wildman–Crippen MR) is 78.4 cm³/mol. The SMILES string of the molecule is CCCCOCCOc1cc(F)c(S(=O)(=O)Cl)cc1Br. The van der Waals surface area contributed by atoms with Gasteiger partial charge in [0, 0.05) is 23.4 Å². The molecule has 1 aromatic carbocycles. The van der Waals surface area contributed by atoms with Crippen LogP contribution in [0.4, 0.5) is 4.39 Å². The molecule has 0 unspecified atom stereocenters. The summed E-state index contributed by atoms with van der Waals surface area (Å²) in [6, 6.07) is 2.05. The molecule has 4 nitrogen and oxygen atoms in total. The highest BCUT2D eigenvalue weighted by molar-refractivity contribution is 9.10.